The molecule has 0 unspecified atom stereocenters. The first-order valence-electron chi connectivity index (χ1n) is 5.56. The molecular formula is C10H18N4O3. The van der Waals surface area contributed by atoms with Crippen LogP contribution in [0.25, 0.3) is 0 Å². The Morgan fingerprint density at radius 3 is 2.35 bits per heavy atom. The highest BCUT2D eigenvalue weighted by molar-refractivity contribution is 5.94. The number of nitrogens with two attached hydrogens (primary N) is 1. The summed E-state index contributed by atoms with van der Waals surface area (Å²) in [7, 11) is 1.62. The first-order valence-corrected chi connectivity index (χ1v) is 5.56. The van der Waals surface area contributed by atoms with Crippen LogP contribution in [0.1, 0.15) is 12.8 Å². The molecule has 17 heavy (non-hydrogen) atoms. The summed E-state index contributed by atoms with van der Waals surface area (Å²) < 4.78 is 0. The standard InChI is InChI=1S/C10H18N4O3/c1-12-9(16)7-2-4-14(5-3-7)6-8(15)13-10(11)17/h7H,2-6H2,1H3,(H,12,16)(H3,11,13,15,17). The molecule has 7 heteroatoms. The quantitative estimate of drug-likeness (QED) is 0.568. The molecule has 1 fully saturated rings. The molecule has 0 spiro atoms. The van der Waals surface area contributed by atoms with Gasteiger partial charge in [0.05, 0.1) is 6.54 Å². The first kappa shape index (κ1) is 13.4. The summed E-state index contributed by atoms with van der Waals surface area (Å²) in [6, 6.07) is -0.838. The van der Waals surface area contributed by atoms with E-state index >= 15 is 0 Å². The van der Waals surface area contributed by atoms with Crippen LogP contribution in [0, 0.1) is 5.92 Å². The van der Waals surface area contributed by atoms with Crippen LogP contribution in [-0.4, -0.2) is 49.4 Å². The number of carbonyl (C=O) groups excluding carboxylic acids is 3. The van der Waals surface area contributed by atoms with Crippen molar-refractivity contribution >= 4 is 17.8 Å². The number of urea groups is 1. The van der Waals surface area contributed by atoms with E-state index in [0.29, 0.717) is 13.1 Å². The Balaban J connectivity index is 2.30. The predicted octanol–water partition coefficient (Wildman–Crippen LogP) is -1.36. The fourth-order valence-corrected chi connectivity index (χ4v) is 1.94. The van der Waals surface area contributed by atoms with Crippen molar-refractivity contribution in [1.82, 2.24) is 15.5 Å². The van der Waals surface area contributed by atoms with Crippen LogP contribution in [0.5, 0.6) is 0 Å². The molecule has 4 N–H and O–H groups in total. The second-order valence-corrected chi connectivity index (χ2v) is 4.08. The van der Waals surface area contributed by atoms with Gasteiger partial charge in [-0.1, -0.05) is 0 Å². The lowest BCUT2D eigenvalue weighted by molar-refractivity contribution is -0.126. The maximum Gasteiger partial charge on any atom is 0.318 e. The molecule has 0 aromatic rings. The number of nitrogens with zero attached hydrogens (tertiary/aromatic N) is 1. The summed E-state index contributed by atoms with van der Waals surface area (Å²) in [5.74, 6) is -0.336. The fraction of sp³-hybridized carbons (Fsp3) is 0.700. The van der Waals surface area contributed by atoms with E-state index in [9.17, 15) is 14.4 Å². The van der Waals surface area contributed by atoms with Crippen LogP contribution < -0.4 is 16.4 Å². The van der Waals surface area contributed by atoms with Crippen molar-refractivity contribution in [3.63, 3.8) is 0 Å². The molecule has 1 heterocycles. The Morgan fingerprint density at radius 1 is 1.29 bits per heavy atom. The molecule has 0 aliphatic carbocycles. The van der Waals surface area contributed by atoms with E-state index in [1.54, 1.807) is 7.05 Å². The van der Waals surface area contributed by atoms with E-state index in [1.165, 1.54) is 0 Å². The summed E-state index contributed by atoms with van der Waals surface area (Å²) in [6.07, 6.45) is 1.45. The van der Waals surface area contributed by atoms with Gasteiger partial charge in [-0.25, -0.2) is 4.79 Å². The third-order valence-corrected chi connectivity index (χ3v) is 2.83. The summed E-state index contributed by atoms with van der Waals surface area (Å²) in [4.78, 5) is 35.0. The minimum Gasteiger partial charge on any atom is -0.359 e. The number of carbonyl (C=O) groups is 3. The average molecular weight is 242 g/mol. The van der Waals surface area contributed by atoms with Crippen molar-refractivity contribution in [3.05, 3.63) is 0 Å². The van der Waals surface area contributed by atoms with Gasteiger partial charge in [-0.3, -0.25) is 19.8 Å². The first-order chi connectivity index (χ1) is 8.02. The summed E-state index contributed by atoms with van der Waals surface area (Å²) in [6.45, 7) is 1.48. The van der Waals surface area contributed by atoms with Crippen molar-refractivity contribution in [3.8, 4) is 0 Å². The Morgan fingerprint density at radius 2 is 1.88 bits per heavy atom. The maximum atomic E-state index is 11.4. The van der Waals surface area contributed by atoms with Gasteiger partial charge in [-0.05, 0) is 25.9 Å². The lowest BCUT2D eigenvalue weighted by Gasteiger charge is -2.30. The minimum absolute atomic E-state index is 0.0236. The van der Waals surface area contributed by atoms with E-state index < -0.39 is 11.9 Å². The second-order valence-electron chi connectivity index (χ2n) is 4.08. The van der Waals surface area contributed by atoms with Crippen molar-refractivity contribution in [2.24, 2.45) is 11.7 Å². The zero-order valence-electron chi connectivity index (χ0n) is 9.86. The van der Waals surface area contributed by atoms with Crippen molar-refractivity contribution in [2.45, 2.75) is 12.8 Å². The van der Waals surface area contributed by atoms with Gasteiger partial charge in [-0.2, -0.15) is 0 Å². The monoisotopic (exact) mass is 242 g/mol. The molecule has 4 amide bonds. The molecule has 0 aromatic heterocycles. The second kappa shape index (κ2) is 6.19. The molecule has 1 aliphatic heterocycles. The van der Waals surface area contributed by atoms with E-state index in [-0.39, 0.29) is 18.4 Å². The largest absolute Gasteiger partial charge is 0.359 e. The number of hydrogen-bond donors (Lipinski definition) is 3. The predicted molar refractivity (Wildman–Crippen MR) is 61.0 cm³/mol. The SMILES string of the molecule is CNC(=O)C1CCN(CC(=O)NC(N)=O)CC1. The van der Waals surface area contributed by atoms with Crippen LogP contribution >= 0.6 is 0 Å². The zero-order valence-corrected chi connectivity index (χ0v) is 9.86. The van der Waals surface area contributed by atoms with E-state index in [2.05, 4.69) is 5.32 Å². The van der Waals surface area contributed by atoms with Crippen molar-refractivity contribution in [1.29, 1.82) is 0 Å². The van der Waals surface area contributed by atoms with E-state index in [0.717, 1.165) is 12.8 Å². The number of nitrogens with one attached hydrogen (secondary N) is 2. The van der Waals surface area contributed by atoms with Crippen LogP contribution in [0.2, 0.25) is 0 Å². The number of piperidine rings is 1. The molecule has 0 atom stereocenters. The number of hydrogen-bond acceptors (Lipinski definition) is 4. The highest BCUT2D eigenvalue weighted by Gasteiger charge is 2.25. The third kappa shape index (κ3) is 4.39. The van der Waals surface area contributed by atoms with Gasteiger partial charge in [0.15, 0.2) is 0 Å². The molecule has 0 bridgehead atoms. The smallest absolute Gasteiger partial charge is 0.318 e. The molecule has 1 rings (SSSR count). The molecule has 0 aromatic carbocycles. The average Bonchev–Trinajstić information content (AvgIpc) is 2.28. The fourth-order valence-electron chi connectivity index (χ4n) is 1.94. The van der Waals surface area contributed by atoms with Gasteiger partial charge >= 0.3 is 6.03 Å². The van der Waals surface area contributed by atoms with Crippen LogP contribution in [0.4, 0.5) is 4.79 Å². The maximum absolute atomic E-state index is 11.4. The highest BCUT2D eigenvalue weighted by atomic mass is 16.2. The summed E-state index contributed by atoms with van der Waals surface area (Å²) >= 11 is 0. The van der Waals surface area contributed by atoms with Crippen LogP contribution in [-0.2, 0) is 9.59 Å². The van der Waals surface area contributed by atoms with Gasteiger partial charge in [-0.15, -0.1) is 0 Å². The van der Waals surface area contributed by atoms with Gasteiger partial charge in [0, 0.05) is 13.0 Å². The Labute approximate surface area is 99.7 Å². The molecule has 96 valence electrons. The number of amides is 4. The number of primary amides is 1. The molecule has 7 nitrogen and oxygen atoms in total. The van der Waals surface area contributed by atoms with Gasteiger partial charge in [0.1, 0.15) is 0 Å². The van der Waals surface area contributed by atoms with Crippen molar-refractivity contribution < 1.29 is 14.4 Å². The topological polar surface area (TPSA) is 105 Å². The highest BCUT2D eigenvalue weighted by Crippen LogP contribution is 2.16. The zero-order chi connectivity index (χ0) is 12.8. The minimum atomic E-state index is -0.838. The van der Waals surface area contributed by atoms with Gasteiger partial charge < -0.3 is 11.1 Å². The molecule has 0 saturated carbocycles. The Bertz CT molecular complexity index is 311. The molecule has 1 aliphatic rings. The molecule has 0 radical (unpaired) electrons. The number of likely N-dealkylation sites (tertiary alicyclic amines) is 1. The normalized spacial score (nSPS) is 17.5. The van der Waals surface area contributed by atoms with Gasteiger partial charge in [0.25, 0.3) is 0 Å². The van der Waals surface area contributed by atoms with Crippen LogP contribution in [0.15, 0.2) is 0 Å². The van der Waals surface area contributed by atoms with Crippen molar-refractivity contribution in [2.75, 3.05) is 26.7 Å². The van der Waals surface area contributed by atoms with E-state index in [1.807, 2.05) is 10.2 Å². The molecular weight excluding hydrogens is 224 g/mol. The Kier molecular flexibility index (Phi) is 4.89. The lowest BCUT2D eigenvalue weighted by Crippen LogP contribution is -2.46. The lowest BCUT2D eigenvalue weighted by atomic mass is 9.96. The van der Waals surface area contributed by atoms with E-state index in [4.69, 9.17) is 5.73 Å². The summed E-state index contributed by atoms with van der Waals surface area (Å²) in [5.41, 5.74) is 4.84. The van der Waals surface area contributed by atoms with Gasteiger partial charge in [0.2, 0.25) is 11.8 Å². The third-order valence-electron chi connectivity index (χ3n) is 2.83. The number of rotatable bonds is 3. The molecule has 1 saturated heterocycles. The van der Waals surface area contributed by atoms with Crippen LogP contribution in [0.3, 0.4) is 0 Å². The summed E-state index contributed by atoms with van der Waals surface area (Å²) in [5, 5.41) is 4.63. The Hall–Kier alpha value is -1.63. The number of imide groups is 1.